The van der Waals surface area contributed by atoms with Crippen molar-refractivity contribution in [2.24, 2.45) is 0 Å². The Morgan fingerprint density at radius 2 is 1.73 bits per heavy atom. The Morgan fingerprint density at radius 1 is 0.970 bits per heavy atom. The molecular formula is C22H22N4O6S. The lowest BCUT2D eigenvalue weighted by Crippen LogP contribution is -2.51. The maximum Gasteiger partial charge on any atom is 0.270 e. The van der Waals surface area contributed by atoms with Crippen LogP contribution in [0.25, 0.3) is 5.65 Å². The standard InChI is InChI=1S/C22H22N4O6S/c27-21(17-15-23-20-4-1-2-7-26(20)22(17)28)24-8-10-25(11-9-24)33(29,30)16-5-6-18-19(14-16)32-13-3-12-31-18/h1-2,4-7,14-15H,3,8-13H2. The lowest BCUT2D eigenvalue weighted by Gasteiger charge is -2.34. The minimum absolute atomic E-state index is 0.0436. The molecule has 10 nitrogen and oxygen atoms in total. The summed E-state index contributed by atoms with van der Waals surface area (Å²) in [5.74, 6) is 0.474. The molecule has 33 heavy (non-hydrogen) atoms. The van der Waals surface area contributed by atoms with E-state index in [0.29, 0.717) is 30.4 Å². The van der Waals surface area contributed by atoms with Gasteiger partial charge in [-0.05, 0) is 24.3 Å². The Morgan fingerprint density at radius 3 is 2.52 bits per heavy atom. The smallest absolute Gasteiger partial charge is 0.270 e. The number of fused-ring (bicyclic) bond motifs is 2. The van der Waals surface area contributed by atoms with Crippen LogP contribution in [-0.4, -0.2) is 72.3 Å². The van der Waals surface area contributed by atoms with Crippen molar-refractivity contribution in [2.45, 2.75) is 11.3 Å². The third-order valence-electron chi connectivity index (χ3n) is 5.73. The van der Waals surface area contributed by atoms with Gasteiger partial charge in [0.2, 0.25) is 10.0 Å². The SMILES string of the molecule is O=C(c1cnc2ccccn2c1=O)N1CCN(S(=O)(=O)c2ccc3c(c2)OCCCO3)CC1. The maximum absolute atomic E-state index is 13.2. The fraction of sp³-hybridized carbons (Fsp3) is 0.318. The second-order valence-corrected chi connectivity index (χ2v) is 9.70. The van der Waals surface area contributed by atoms with Gasteiger partial charge in [0, 0.05) is 51.1 Å². The number of amides is 1. The number of sulfonamides is 1. The van der Waals surface area contributed by atoms with Crippen LogP contribution >= 0.6 is 0 Å². The molecule has 0 unspecified atom stereocenters. The maximum atomic E-state index is 13.2. The van der Waals surface area contributed by atoms with Gasteiger partial charge >= 0.3 is 0 Å². The molecule has 2 aliphatic rings. The molecule has 0 aliphatic carbocycles. The first-order valence-corrected chi connectivity index (χ1v) is 12.0. The number of pyridine rings is 1. The summed E-state index contributed by atoms with van der Waals surface area (Å²) in [5.41, 5.74) is -0.0455. The number of benzene rings is 1. The van der Waals surface area contributed by atoms with Gasteiger partial charge in [-0.2, -0.15) is 4.31 Å². The van der Waals surface area contributed by atoms with Gasteiger partial charge in [0.15, 0.2) is 11.5 Å². The number of hydrogen-bond donors (Lipinski definition) is 0. The fourth-order valence-corrected chi connectivity index (χ4v) is 5.37. The van der Waals surface area contributed by atoms with E-state index >= 15 is 0 Å². The molecule has 2 aliphatic heterocycles. The van der Waals surface area contributed by atoms with Gasteiger partial charge < -0.3 is 14.4 Å². The van der Waals surface area contributed by atoms with Crippen molar-refractivity contribution in [1.29, 1.82) is 0 Å². The molecule has 0 saturated carbocycles. The Bertz CT molecular complexity index is 1380. The van der Waals surface area contributed by atoms with Gasteiger partial charge in [-0.25, -0.2) is 13.4 Å². The topological polar surface area (TPSA) is 111 Å². The number of rotatable bonds is 3. The van der Waals surface area contributed by atoms with Crippen LogP contribution in [0.5, 0.6) is 11.5 Å². The van der Waals surface area contributed by atoms with Crippen molar-refractivity contribution in [2.75, 3.05) is 39.4 Å². The number of aromatic nitrogens is 2. The molecule has 1 aromatic carbocycles. The molecule has 3 aromatic rings. The van der Waals surface area contributed by atoms with Crippen molar-refractivity contribution in [3.8, 4) is 11.5 Å². The van der Waals surface area contributed by atoms with Crippen molar-refractivity contribution in [3.05, 3.63) is 64.7 Å². The second-order valence-electron chi connectivity index (χ2n) is 7.76. The van der Waals surface area contributed by atoms with Gasteiger partial charge in [0.05, 0.1) is 18.1 Å². The van der Waals surface area contributed by atoms with E-state index in [1.54, 1.807) is 30.5 Å². The average Bonchev–Trinajstić information content (AvgIpc) is 3.09. The van der Waals surface area contributed by atoms with Gasteiger partial charge in [-0.15, -0.1) is 0 Å². The summed E-state index contributed by atoms with van der Waals surface area (Å²) in [7, 11) is -3.78. The molecule has 0 bridgehead atoms. The molecule has 1 saturated heterocycles. The van der Waals surface area contributed by atoms with E-state index in [1.807, 2.05) is 0 Å². The van der Waals surface area contributed by atoms with Gasteiger partial charge in [-0.3, -0.25) is 14.0 Å². The Kier molecular flexibility index (Phi) is 5.51. The van der Waals surface area contributed by atoms with Crippen LogP contribution in [0.2, 0.25) is 0 Å². The zero-order valence-electron chi connectivity index (χ0n) is 17.7. The average molecular weight is 471 g/mol. The summed E-state index contributed by atoms with van der Waals surface area (Å²) in [6.07, 6.45) is 3.56. The second kappa shape index (κ2) is 8.49. The minimum atomic E-state index is -3.78. The van der Waals surface area contributed by atoms with Gasteiger partial charge in [-0.1, -0.05) is 6.07 Å². The van der Waals surface area contributed by atoms with Crippen LogP contribution < -0.4 is 15.0 Å². The normalized spacial score (nSPS) is 17.0. The lowest BCUT2D eigenvalue weighted by atomic mass is 10.2. The zero-order chi connectivity index (χ0) is 23.0. The Labute approximate surface area is 190 Å². The largest absolute Gasteiger partial charge is 0.490 e. The lowest BCUT2D eigenvalue weighted by molar-refractivity contribution is 0.0695. The van der Waals surface area contributed by atoms with Gasteiger partial charge in [0.1, 0.15) is 11.2 Å². The number of piperazine rings is 1. The highest BCUT2D eigenvalue weighted by molar-refractivity contribution is 7.89. The molecule has 0 N–H and O–H groups in total. The number of carbonyl (C=O) groups excluding carboxylic acids is 1. The third kappa shape index (κ3) is 3.93. The van der Waals surface area contributed by atoms with E-state index in [1.165, 1.54) is 31.9 Å². The van der Waals surface area contributed by atoms with E-state index in [0.717, 1.165) is 6.42 Å². The first kappa shape index (κ1) is 21.4. The van der Waals surface area contributed by atoms with E-state index in [-0.39, 0.29) is 36.6 Å². The summed E-state index contributed by atoms with van der Waals surface area (Å²) < 4.78 is 40.2. The highest BCUT2D eigenvalue weighted by Crippen LogP contribution is 2.33. The molecule has 172 valence electrons. The number of nitrogens with zero attached hydrogens (tertiary/aromatic N) is 4. The molecule has 1 fully saturated rings. The number of ether oxygens (including phenoxy) is 2. The Hall–Kier alpha value is -3.44. The predicted molar refractivity (Wildman–Crippen MR) is 118 cm³/mol. The molecule has 4 heterocycles. The van der Waals surface area contributed by atoms with E-state index in [2.05, 4.69) is 4.98 Å². The molecule has 11 heteroatoms. The highest BCUT2D eigenvalue weighted by Gasteiger charge is 2.32. The number of carbonyl (C=O) groups is 1. The summed E-state index contributed by atoms with van der Waals surface area (Å²) in [5, 5.41) is 0. The Balaban J connectivity index is 1.32. The van der Waals surface area contributed by atoms with Crippen molar-refractivity contribution in [1.82, 2.24) is 18.6 Å². The van der Waals surface area contributed by atoms with Crippen LogP contribution in [0.4, 0.5) is 0 Å². The monoisotopic (exact) mass is 470 g/mol. The van der Waals surface area contributed by atoms with Crippen LogP contribution in [0, 0.1) is 0 Å². The predicted octanol–water partition coefficient (Wildman–Crippen LogP) is 1.00. The summed E-state index contributed by atoms with van der Waals surface area (Å²) in [6, 6.07) is 9.71. The number of hydrogen-bond acceptors (Lipinski definition) is 7. The van der Waals surface area contributed by atoms with E-state index < -0.39 is 21.5 Å². The molecule has 1 amide bonds. The van der Waals surface area contributed by atoms with E-state index in [4.69, 9.17) is 9.47 Å². The fourth-order valence-electron chi connectivity index (χ4n) is 3.93. The third-order valence-corrected chi connectivity index (χ3v) is 7.62. The van der Waals surface area contributed by atoms with Crippen LogP contribution in [-0.2, 0) is 10.0 Å². The van der Waals surface area contributed by atoms with Crippen molar-refractivity contribution in [3.63, 3.8) is 0 Å². The van der Waals surface area contributed by atoms with Crippen LogP contribution in [0.3, 0.4) is 0 Å². The molecule has 0 radical (unpaired) electrons. The first-order chi connectivity index (χ1) is 15.9. The first-order valence-electron chi connectivity index (χ1n) is 10.6. The summed E-state index contributed by atoms with van der Waals surface area (Å²) in [4.78, 5) is 31.4. The van der Waals surface area contributed by atoms with Crippen molar-refractivity contribution < 1.29 is 22.7 Å². The minimum Gasteiger partial charge on any atom is -0.490 e. The highest BCUT2D eigenvalue weighted by atomic mass is 32.2. The van der Waals surface area contributed by atoms with Gasteiger partial charge in [0.25, 0.3) is 11.5 Å². The van der Waals surface area contributed by atoms with Crippen LogP contribution in [0.15, 0.2) is 58.5 Å². The molecular weight excluding hydrogens is 448 g/mol. The van der Waals surface area contributed by atoms with Crippen LogP contribution in [0.1, 0.15) is 16.8 Å². The molecule has 0 atom stereocenters. The van der Waals surface area contributed by atoms with E-state index in [9.17, 15) is 18.0 Å². The molecule has 5 rings (SSSR count). The molecule has 2 aromatic heterocycles. The quantitative estimate of drug-likeness (QED) is 0.562. The van der Waals surface area contributed by atoms with Crippen molar-refractivity contribution >= 4 is 21.6 Å². The molecule has 0 spiro atoms. The zero-order valence-corrected chi connectivity index (χ0v) is 18.5. The summed E-state index contributed by atoms with van der Waals surface area (Å²) >= 11 is 0. The summed E-state index contributed by atoms with van der Waals surface area (Å²) in [6.45, 7) is 1.54.